The van der Waals surface area contributed by atoms with Gasteiger partial charge in [0.2, 0.25) is 5.82 Å². The Balaban J connectivity index is 2.62. The van der Waals surface area contributed by atoms with Crippen molar-refractivity contribution in [2.75, 3.05) is 11.9 Å². The quantitative estimate of drug-likeness (QED) is 0.566. The van der Waals surface area contributed by atoms with Gasteiger partial charge in [0.1, 0.15) is 5.75 Å². The second-order valence-electron chi connectivity index (χ2n) is 4.50. The van der Waals surface area contributed by atoms with Gasteiger partial charge in [-0.3, -0.25) is 14.9 Å². The summed E-state index contributed by atoms with van der Waals surface area (Å²) < 4.78 is 18.8. The van der Waals surface area contributed by atoms with Crippen molar-refractivity contribution in [2.45, 2.75) is 19.4 Å². The van der Waals surface area contributed by atoms with Crippen LogP contribution < -0.4 is 9.64 Å². The molecule has 1 aliphatic rings. The standard InChI is InChI=1S/C11H11FN2O4/c1-11(2)10(15)13(3)8-5-7(14(16)17)6(12)4-9(8)18-11/h4-5H,1-3H3. The number of halogens is 1. The minimum Gasteiger partial charge on any atom is -0.476 e. The average Bonchev–Trinajstić information content (AvgIpc) is 2.24. The first-order chi connectivity index (χ1) is 8.24. The van der Waals surface area contributed by atoms with Crippen molar-refractivity contribution in [3.8, 4) is 5.75 Å². The molecule has 1 amide bonds. The molecule has 1 heterocycles. The smallest absolute Gasteiger partial charge is 0.307 e. The van der Waals surface area contributed by atoms with Crippen molar-refractivity contribution >= 4 is 17.3 Å². The maximum absolute atomic E-state index is 13.5. The molecule has 0 radical (unpaired) electrons. The van der Waals surface area contributed by atoms with Crippen LogP contribution in [0.4, 0.5) is 15.8 Å². The highest BCUT2D eigenvalue weighted by molar-refractivity contribution is 6.02. The van der Waals surface area contributed by atoms with Gasteiger partial charge in [0.25, 0.3) is 5.91 Å². The molecule has 0 saturated carbocycles. The topological polar surface area (TPSA) is 72.7 Å². The molecule has 1 aromatic rings. The molecule has 2 rings (SSSR count). The number of nitrogens with zero attached hydrogens (tertiary/aromatic N) is 2. The summed E-state index contributed by atoms with van der Waals surface area (Å²) in [5, 5.41) is 10.6. The number of benzene rings is 1. The fourth-order valence-corrected chi connectivity index (χ4v) is 1.85. The second-order valence-corrected chi connectivity index (χ2v) is 4.50. The van der Waals surface area contributed by atoms with Gasteiger partial charge in [0.05, 0.1) is 10.6 Å². The van der Waals surface area contributed by atoms with E-state index in [2.05, 4.69) is 0 Å². The third-order valence-electron chi connectivity index (χ3n) is 2.77. The number of hydrogen-bond donors (Lipinski definition) is 0. The molecule has 0 fully saturated rings. The first kappa shape index (κ1) is 12.3. The predicted octanol–water partition coefficient (Wildman–Crippen LogP) is 1.87. The largest absolute Gasteiger partial charge is 0.476 e. The SMILES string of the molecule is CN1C(=O)C(C)(C)Oc2cc(F)c([N+](=O)[O-])cc21. The Labute approximate surface area is 102 Å². The summed E-state index contributed by atoms with van der Waals surface area (Å²) in [6, 6.07) is 1.93. The van der Waals surface area contributed by atoms with Crippen molar-refractivity contribution in [3.05, 3.63) is 28.1 Å². The average molecular weight is 254 g/mol. The van der Waals surface area contributed by atoms with E-state index in [0.717, 1.165) is 12.1 Å². The molecule has 96 valence electrons. The van der Waals surface area contributed by atoms with Crippen molar-refractivity contribution in [3.63, 3.8) is 0 Å². The second kappa shape index (κ2) is 3.66. The number of nitro groups is 1. The van der Waals surface area contributed by atoms with Gasteiger partial charge in [-0.15, -0.1) is 0 Å². The molecule has 1 aliphatic heterocycles. The van der Waals surface area contributed by atoms with Crippen molar-refractivity contribution in [1.82, 2.24) is 0 Å². The van der Waals surface area contributed by atoms with E-state index in [1.807, 2.05) is 0 Å². The van der Waals surface area contributed by atoms with Crippen LogP contribution in [-0.4, -0.2) is 23.5 Å². The zero-order valence-electron chi connectivity index (χ0n) is 10.1. The normalized spacial score (nSPS) is 17.1. The van der Waals surface area contributed by atoms with E-state index in [4.69, 9.17) is 4.74 Å². The highest BCUT2D eigenvalue weighted by Crippen LogP contribution is 2.40. The van der Waals surface area contributed by atoms with E-state index in [-0.39, 0.29) is 17.3 Å². The lowest BCUT2D eigenvalue weighted by Crippen LogP contribution is -2.50. The summed E-state index contributed by atoms with van der Waals surface area (Å²) in [6.45, 7) is 3.10. The molecular formula is C11H11FN2O4. The summed E-state index contributed by atoms with van der Waals surface area (Å²) in [5.74, 6) is -1.22. The number of hydrogen-bond acceptors (Lipinski definition) is 4. The minimum absolute atomic E-state index is 0.116. The van der Waals surface area contributed by atoms with Gasteiger partial charge in [-0.05, 0) is 13.8 Å². The summed E-state index contributed by atoms with van der Waals surface area (Å²) in [6.07, 6.45) is 0. The Hall–Kier alpha value is -2.18. The van der Waals surface area contributed by atoms with E-state index in [0.29, 0.717) is 0 Å². The summed E-state index contributed by atoms with van der Waals surface area (Å²) in [5.41, 5.74) is -1.62. The molecule has 0 aromatic heterocycles. The van der Waals surface area contributed by atoms with Crippen LogP contribution in [0.5, 0.6) is 5.75 Å². The van der Waals surface area contributed by atoms with E-state index in [1.54, 1.807) is 13.8 Å². The Morgan fingerprint density at radius 1 is 1.44 bits per heavy atom. The van der Waals surface area contributed by atoms with Gasteiger partial charge in [-0.2, -0.15) is 4.39 Å². The maximum atomic E-state index is 13.5. The minimum atomic E-state index is -1.12. The predicted molar refractivity (Wildman–Crippen MR) is 61.2 cm³/mol. The molecule has 6 nitrogen and oxygen atoms in total. The molecule has 7 heteroatoms. The summed E-state index contributed by atoms with van der Waals surface area (Å²) >= 11 is 0. The van der Waals surface area contributed by atoms with Crippen molar-refractivity contribution in [2.24, 2.45) is 0 Å². The van der Waals surface area contributed by atoms with E-state index in [9.17, 15) is 19.3 Å². The van der Waals surface area contributed by atoms with E-state index >= 15 is 0 Å². The lowest BCUT2D eigenvalue weighted by Gasteiger charge is -2.36. The third kappa shape index (κ3) is 1.68. The number of amides is 1. The number of carbonyl (C=O) groups excluding carboxylic acids is 1. The Morgan fingerprint density at radius 2 is 2.06 bits per heavy atom. The highest BCUT2D eigenvalue weighted by atomic mass is 19.1. The van der Waals surface area contributed by atoms with Crippen molar-refractivity contribution in [1.29, 1.82) is 0 Å². The highest BCUT2D eigenvalue weighted by Gasteiger charge is 2.40. The Bertz CT molecular complexity index is 556. The van der Waals surface area contributed by atoms with Crippen LogP contribution in [-0.2, 0) is 4.79 Å². The zero-order valence-corrected chi connectivity index (χ0v) is 10.1. The number of rotatable bonds is 1. The first-order valence-electron chi connectivity index (χ1n) is 5.19. The Morgan fingerprint density at radius 3 is 2.61 bits per heavy atom. The summed E-state index contributed by atoms with van der Waals surface area (Å²) in [7, 11) is 1.47. The van der Waals surface area contributed by atoms with Gasteiger partial charge < -0.3 is 9.64 Å². The number of fused-ring (bicyclic) bond motifs is 1. The Kier molecular flexibility index (Phi) is 2.50. The van der Waals surface area contributed by atoms with Crippen LogP contribution in [0.1, 0.15) is 13.8 Å². The van der Waals surface area contributed by atoms with Crippen LogP contribution in [0.25, 0.3) is 0 Å². The molecule has 0 saturated heterocycles. The lowest BCUT2D eigenvalue weighted by molar-refractivity contribution is -0.387. The lowest BCUT2D eigenvalue weighted by atomic mass is 10.0. The molecule has 0 spiro atoms. The van der Waals surface area contributed by atoms with Crippen LogP contribution in [0.15, 0.2) is 12.1 Å². The third-order valence-corrected chi connectivity index (χ3v) is 2.77. The molecule has 0 bridgehead atoms. The number of carbonyl (C=O) groups is 1. The van der Waals surface area contributed by atoms with Crippen LogP contribution in [0, 0.1) is 15.9 Å². The number of ether oxygens (including phenoxy) is 1. The van der Waals surface area contributed by atoms with Crippen LogP contribution >= 0.6 is 0 Å². The molecular weight excluding hydrogens is 243 g/mol. The molecule has 0 aliphatic carbocycles. The monoisotopic (exact) mass is 254 g/mol. The van der Waals surface area contributed by atoms with Crippen LogP contribution in [0.3, 0.4) is 0 Å². The molecule has 1 aromatic carbocycles. The van der Waals surface area contributed by atoms with Crippen LogP contribution in [0.2, 0.25) is 0 Å². The van der Waals surface area contributed by atoms with Crippen molar-refractivity contribution < 1.29 is 18.8 Å². The van der Waals surface area contributed by atoms with Gasteiger partial charge in [-0.1, -0.05) is 0 Å². The molecule has 0 atom stereocenters. The summed E-state index contributed by atoms with van der Waals surface area (Å²) in [4.78, 5) is 22.9. The first-order valence-corrected chi connectivity index (χ1v) is 5.19. The van der Waals surface area contributed by atoms with Gasteiger partial charge >= 0.3 is 5.69 Å². The van der Waals surface area contributed by atoms with Gasteiger partial charge in [0.15, 0.2) is 5.60 Å². The van der Waals surface area contributed by atoms with E-state index < -0.39 is 22.0 Å². The fourth-order valence-electron chi connectivity index (χ4n) is 1.85. The molecule has 0 unspecified atom stereocenters. The number of anilines is 1. The van der Waals surface area contributed by atoms with E-state index in [1.165, 1.54) is 11.9 Å². The molecule has 0 N–H and O–H groups in total. The molecule has 18 heavy (non-hydrogen) atoms. The number of nitro benzene ring substituents is 1. The fraction of sp³-hybridized carbons (Fsp3) is 0.364. The maximum Gasteiger partial charge on any atom is 0.307 e. The van der Waals surface area contributed by atoms with Gasteiger partial charge in [-0.25, -0.2) is 0 Å². The number of likely N-dealkylation sites (N-methyl/N-ethyl adjacent to an activating group) is 1. The zero-order chi connectivity index (χ0) is 13.7. The van der Waals surface area contributed by atoms with Gasteiger partial charge in [0, 0.05) is 19.2 Å².